The summed E-state index contributed by atoms with van der Waals surface area (Å²) >= 11 is 0. The molecular weight excluding hydrogens is 572 g/mol. The van der Waals surface area contributed by atoms with Crippen LogP contribution in [-0.4, -0.2) is 57.1 Å². The van der Waals surface area contributed by atoms with Gasteiger partial charge in [0.15, 0.2) is 9.84 Å². The maximum atomic E-state index is 12.3. The number of aryl methyl sites for hydroxylation is 1. The third kappa shape index (κ3) is 11.3. The molecule has 0 saturated carbocycles. The van der Waals surface area contributed by atoms with Crippen molar-refractivity contribution >= 4 is 21.8 Å². The average molecular weight is 613 g/mol. The monoisotopic (exact) mass is 612 g/mol. The molecule has 9 nitrogen and oxygen atoms in total. The van der Waals surface area contributed by atoms with Crippen molar-refractivity contribution in [3.8, 4) is 28.4 Å². The van der Waals surface area contributed by atoms with Gasteiger partial charge in [-0.15, -0.1) is 0 Å². The van der Waals surface area contributed by atoms with Crippen molar-refractivity contribution in [2.24, 2.45) is 0 Å². The number of sulfone groups is 1. The summed E-state index contributed by atoms with van der Waals surface area (Å²) in [7, 11) is -1.84. The minimum Gasteiger partial charge on any atom is -0.497 e. The summed E-state index contributed by atoms with van der Waals surface area (Å²) in [6, 6.07) is 18.1. The third-order valence-corrected chi connectivity index (χ3v) is 8.04. The summed E-state index contributed by atoms with van der Waals surface area (Å²) in [5.74, 6) is 0.0595. The van der Waals surface area contributed by atoms with Crippen LogP contribution in [-0.2, 0) is 32.3 Å². The Hall–Kier alpha value is -4.05. The zero-order chi connectivity index (χ0) is 31.2. The summed E-state index contributed by atoms with van der Waals surface area (Å²) in [6.07, 6.45) is 6.20. The van der Waals surface area contributed by atoms with Crippen LogP contribution in [0.15, 0.2) is 65.6 Å². The molecule has 0 aliphatic rings. The number of aliphatic carboxylic acids is 2. The maximum absolute atomic E-state index is 12.3. The molecule has 0 aliphatic heterocycles. The number of hydrogen-bond acceptors (Lipinski definition) is 7. The predicted octanol–water partition coefficient (Wildman–Crippen LogP) is 6.21. The van der Waals surface area contributed by atoms with Gasteiger partial charge in [-0.05, 0) is 90.8 Å². The Bertz CT molecular complexity index is 1460. The fourth-order valence-corrected chi connectivity index (χ4v) is 5.35. The van der Waals surface area contributed by atoms with Crippen LogP contribution >= 0.6 is 0 Å². The molecule has 3 aromatic carbocycles. The molecule has 2 N–H and O–H groups in total. The zero-order valence-corrected chi connectivity index (χ0v) is 25.5. The van der Waals surface area contributed by atoms with E-state index in [-0.39, 0.29) is 24.3 Å². The number of rotatable bonds is 19. The van der Waals surface area contributed by atoms with E-state index in [9.17, 15) is 23.1 Å². The van der Waals surface area contributed by atoms with Crippen LogP contribution in [0.25, 0.3) is 11.1 Å². The van der Waals surface area contributed by atoms with Crippen molar-refractivity contribution in [1.29, 1.82) is 0 Å². The number of hydrogen-bond donors (Lipinski definition) is 2. The Morgan fingerprint density at radius 1 is 0.721 bits per heavy atom. The normalized spacial score (nSPS) is 11.2. The summed E-state index contributed by atoms with van der Waals surface area (Å²) in [5, 5.41) is 18.0. The molecule has 3 aromatic rings. The molecule has 0 unspecified atom stereocenters. The second-order valence-electron chi connectivity index (χ2n) is 10.3. The number of unbranched alkanes of at least 4 members (excludes halogenated alkanes) is 3. The van der Waals surface area contributed by atoms with E-state index in [4.69, 9.17) is 19.3 Å². The summed E-state index contributed by atoms with van der Waals surface area (Å²) in [4.78, 5) is 22.2. The van der Waals surface area contributed by atoms with Gasteiger partial charge in [-0.2, -0.15) is 0 Å². The van der Waals surface area contributed by atoms with Gasteiger partial charge in [0.25, 0.3) is 0 Å². The highest BCUT2D eigenvalue weighted by atomic mass is 32.2. The van der Waals surface area contributed by atoms with Gasteiger partial charge in [0.1, 0.15) is 17.2 Å². The molecule has 0 aliphatic carbocycles. The van der Waals surface area contributed by atoms with Gasteiger partial charge >= 0.3 is 11.9 Å². The Labute approximate surface area is 253 Å². The first kappa shape index (κ1) is 33.5. The predicted molar refractivity (Wildman–Crippen MR) is 164 cm³/mol. The van der Waals surface area contributed by atoms with Crippen molar-refractivity contribution in [2.75, 3.05) is 26.6 Å². The van der Waals surface area contributed by atoms with E-state index in [1.165, 1.54) is 6.26 Å². The quantitative estimate of drug-likeness (QED) is 0.151. The number of methoxy groups -OCH3 is 1. The number of ether oxygens (including phenoxy) is 3. The van der Waals surface area contributed by atoms with Crippen LogP contribution in [0.5, 0.6) is 17.2 Å². The van der Waals surface area contributed by atoms with E-state index in [0.717, 1.165) is 54.4 Å². The highest BCUT2D eigenvalue weighted by Gasteiger charge is 2.14. The van der Waals surface area contributed by atoms with E-state index < -0.39 is 21.8 Å². The smallest absolute Gasteiger partial charge is 0.303 e. The average Bonchev–Trinajstić information content (AvgIpc) is 2.97. The molecular formula is C33H40O9S. The molecule has 43 heavy (non-hydrogen) atoms. The summed E-state index contributed by atoms with van der Waals surface area (Å²) < 4.78 is 41.6. The standard InChI is InChI=1S/C33H40O9S/c1-40-27-15-13-24(14-16-27)26-21-28(23-29(22-26)43(2,38)39)41-19-6-4-3-5-9-25-10-7-11-31(30(25)17-18-33(36)37)42-20-8-12-32(34)35/h7,10-11,13-16,21-23H,3-6,8-9,12,17-20H2,1-2H3,(H,34,35)(H,36,37). The summed E-state index contributed by atoms with van der Waals surface area (Å²) in [6.45, 7) is 0.698. The molecule has 0 fully saturated rings. The largest absolute Gasteiger partial charge is 0.497 e. The van der Waals surface area contributed by atoms with Crippen LogP contribution in [0.2, 0.25) is 0 Å². The van der Waals surface area contributed by atoms with Crippen LogP contribution in [0.3, 0.4) is 0 Å². The fourth-order valence-electron chi connectivity index (χ4n) is 4.68. The maximum Gasteiger partial charge on any atom is 0.303 e. The minimum atomic E-state index is -3.43. The van der Waals surface area contributed by atoms with Gasteiger partial charge in [0.2, 0.25) is 0 Å². The van der Waals surface area contributed by atoms with Crippen LogP contribution in [0, 0.1) is 0 Å². The van der Waals surface area contributed by atoms with Crippen LogP contribution in [0.1, 0.15) is 56.1 Å². The number of carbonyl (C=O) groups is 2. The molecule has 0 aromatic heterocycles. The second-order valence-corrected chi connectivity index (χ2v) is 12.4. The number of carboxylic acid groups (broad SMARTS) is 2. The minimum absolute atomic E-state index is 0.0133. The van der Waals surface area contributed by atoms with Crippen molar-refractivity contribution in [3.05, 3.63) is 71.8 Å². The lowest BCUT2D eigenvalue weighted by Gasteiger charge is -2.15. The van der Waals surface area contributed by atoms with Crippen LogP contribution < -0.4 is 14.2 Å². The molecule has 0 heterocycles. The Morgan fingerprint density at radius 2 is 1.42 bits per heavy atom. The molecule has 0 radical (unpaired) electrons. The Kier molecular flexibility index (Phi) is 12.9. The molecule has 0 amide bonds. The first-order chi connectivity index (χ1) is 20.6. The third-order valence-electron chi connectivity index (χ3n) is 6.95. The molecule has 0 saturated heterocycles. The van der Waals surface area contributed by atoms with E-state index in [0.29, 0.717) is 36.7 Å². The van der Waals surface area contributed by atoms with Crippen molar-refractivity contribution in [2.45, 2.75) is 62.7 Å². The highest BCUT2D eigenvalue weighted by molar-refractivity contribution is 7.90. The molecule has 0 spiro atoms. The molecule has 10 heteroatoms. The Balaban J connectivity index is 1.54. The lowest BCUT2D eigenvalue weighted by molar-refractivity contribution is -0.138. The van der Waals surface area contributed by atoms with E-state index >= 15 is 0 Å². The number of carboxylic acids is 2. The molecule has 0 atom stereocenters. The first-order valence-electron chi connectivity index (χ1n) is 14.4. The number of benzene rings is 3. The SMILES string of the molecule is COc1ccc(-c2cc(OCCCCCCc3cccc(OCCCC(=O)O)c3CCC(=O)O)cc(S(C)(=O)=O)c2)cc1. The lowest BCUT2D eigenvalue weighted by atomic mass is 9.97. The molecule has 3 rings (SSSR count). The Morgan fingerprint density at radius 3 is 2.09 bits per heavy atom. The van der Waals surface area contributed by atoms with Gasteiger partial charge in [0, 0.05) is 19.1 Å². The van der Waals surface area contributed by atoms with Gasteiger partial charge in [0.05, 0.1) is 25.2 Å². The van der Waals surface area contributed by atoms with Gasteiger partial charge in [-0.3, -0.25) is 9.59 Å². The van der Waals surface area contributed by atoms with Gasteiger partial charge < -0.3 is 24.4 Å². The van der Waals surface area contributed by atoms with Crippen molar-refractivity contribution in [3.63, 3.8) is 0 Å². The zero-order valence-electron chi connectivity index (χ0n) is 24.7. The summed E-state index contributed by atoms with van der Waals surface area (Å²) in [5.41, 5.74) is 3.50. The highest BCUT2D eigenvalue weighted by Crippen LogP contribution is 2.30. The van der Waals surface area contributed by atoms with Crippen molar-refractivity contribution < 1.29 is 42.4 Å². The lowest BCUT2D eigenvalue weighted by Crippen LogP contribution is -2.07. The topological polar surface area (TPSA) is 136 Å². The van der Waals surface area contributed by atoms with E-state index in [2.05, 4.69) is 0 Å². The van der Waals surface area contributed by atoms with Gasteiger partial charge in [-0.1, -0.05) is 37.1 Å². The van der Waals surface area contributed by atoms with E-state index in [1.54, 1.807) is 25.3 Å². The van der Waals surface area contributed by atoms with Crippen molar-refractivity contribution in [1.82, 2.24) is 0 Å². The second kappa shape index (κ2) is 16.6. The molecule has 232 valence electrons. The fraction of sp³-hybridized carbons (Fsp3) is 0.394. The van der Waals surface area contributed by atoms with Crippen LogP contribution in [0.4, 0.5) is 0 Å². The van der Waals surface area contributed by atoms with Gasteiger partial charge in [-0.25, -0.2) is 8.42 Å². The molecule has 0 bridgehead atoms. The first-order valence-corrected chi connectivity index (χ1v) is 16.3. The van der Waals surface area contributed by atoms with E-state index in [1.807, 2.05) is 42.5 Å².